The van der Waals surface area contributed by atoms with Gasteiger partial charge in [0.15, 0.2) is 0 Å². The van der Waals surface area contributed by atoms with Crippen molar-refractivity contribution >= 4 is 17.7 Å². The molecular weight excluding hydrogens is 336 g/mol. The SMILES string of the molecule is Oc1cnc(NCCSCc2ccc(CNCc3ccccc3)o2)[nH]1. The van der Waals surface area contributed by atoms with Crippen molar-refractivity contribution < 1.29 is 9.52 Å². The Hall–Kier alpha value is -2.38. The summed E-state index contributed by atoms with van der Waals surface area (Å²) in [5.41, 5.74) is 1.27. The van der Waals surface area contributed by atoms with E-state index >= 15 is 0 Å². The molecule has 0 aliphatic rings. The van der Waals surface area contributed by atoms with Gasteiger partial charge in [-0.2, -0.15) is 11.8 Å². The molecule has 3 aromatic rings. The van der Waals surface area contributed by atoms with Crippen LogP contribution in [0.15, 0.2) is 53.1 Å². The van der Waals surface area contributed by atoms with Crippen molar-refractivity contribution in [1.29, 1.82) is 0 Å². The van der Waals surface area contributed by atoms with Gasteiger partial charge in [-0.05, 0) is 17.7 Å². The molecule has 0 bridgehead atoms. The number of aromatic nitrogens is 2. The first-order valence-corrected chi connectivity index (χ1v) is 9.33. The van der Waals surface area contributed by atoms with Crippen molar-refractivity contribution in [2.45, 2.75) is 18.8 Å². The maximum absolute atomic E-state index is 9.15. The Morgan fingerprint density at radius 2 is 1.92 bits per heavy atom. The van der Waals surface area contributed by atoms with Crippen molar-refractivity contribution in [2.24, 2.45) is 0 Å². The van der Waals surface area contributed by atoms with Gasteiger partial charge < -0.3 is 20.2 Å². The van der Waals surface area contributed by atoms with Crippen LogP contribution in [0.1, 0.15) is 17.1 Å². The van der Waals surface area contributed by atoms with Crippen LogP contribution in [0.3, 0.4) is 0 Å². The molecule has 0 fully saturated rings. The van der Waals surface area contributed by atoms with E-state index in [1.807, 2.05) is 30.3 Å². The maximum atomic E-state index is 9.15. The first kappa shape index (κ1) is 17.4. The van der Waals surface area contributed by atoms with Crippen molar-refractivity contribution in [1.82, 2.24) is 15.3 Å². The van der Waals surface area contributed by atoms with E-state index in [4.69, 9.17) is 9.52 Å². The van der Waals surface area contributed by atoms with Crippen LogP contribution in [0.2, 0.25) is 0 Å². The number of thioether (sulfide) groups is 1. The third kappa shape index (κ3) is 5.88. The van der Waals surface area contributed by atoms with E-state index in [0.717, 1.165) is 42.7 Å². The summed E-state index contributed by atoms with van der Waals surface area (Å²) in [4.78, 5) is 6.69. The fourth-order valence-electron chi connectivity index (χ4n) is 2.34. The summed E-state index contributed by atoms with van der Waals surface area (Å²) in [6.07, 6.45) is 1.38. The molecule has 0 saturated heterocycles. The number of nitrogens with zero attached hydrogens (tertiary/aromatic N) is 1. The van der Waals surface area contributed by atoms with E-state index in [9.17, 15) is 0 Å². The smallest absolute Gasteiger partial charge is 0.210 e. The van der Waals surface area contributed by atoms with Crippen molar-refractivity contribution in [2.75, 3.05) is 17.6 Å². The molecule has 3 rings (SSSR count). The molecule has 4 N–H and O–H groups in total. The van der Waals surface area contributed by atoms with Crippen LogP contribution < -0.4 is 10.6 Å². The first-order chi connectivity index (χ1) is 12.3. The van der Waals surface area contributed by atoms with E-state index in [1.165, 1.54) is 11.8 Å². The van der Waals surface area contributed by atoms with Gasteiger partial charge in [-0.15, -0.1) is 0 Å². The minimum absolute atomic E-state index is 0.0686. The van der Waals surface area contributed by atoms with Crippen LogP contribution in [0.4, 0.5) is 5.95 Å². The summed E-state index contributed by atoms with van der Waals surface area (Å²) < 4.78 is 5.83. The lowest BCUT2D eigenvalue weighted by atomic mass is 10.2. The predicted molar refractivity (Wildman–Crippen MR) is 101 cm³/mol. The predicted octanol–water partition coefficient (Wildman–Crippen LogP) is 3.34. The quantitative estimate of drug-likeness (QED) is 0.416. The Balaban J connectivity index is 1.30. The summed E-state index contributed by atoms with van der Waals surface area (Å²) in [6, 6.07) is 14.4. The fraction of sp³-hybridized carbons (Fsp3) is 0.278. The molecule has 25 heavy (non-hydrogen) atoms. The van der Waals surface area contributed by atoms with Crippen molar-refractivity contribution in [3.8, 4) is 5.88 Å². The van der Waals surface area contributed by atoms with E-state index in [2.05, 4.69) is 32.7 Å². The van der Waals surface area contributed by atoms with Crippen LogP contribution in [0.5, 0.6) is 5.88 Å². The number of anilines is 1. The molecule has 0 unspecified atom stereocenters. The van der Waals surface area contributed by atoms with Gasteiger partial charge in [-0.3, -0.25) is 4.98 Å². The highest BCUT2D eigenvalue weighted by atomic mass is 32.2. The molecule has 132 valence electrons. The molecule has 7 heteroatoms. The van der Waals surface area contributed by atoms with Gasteiger partial charge in [-0.25, -0.2) is 4.98 Å². The highest BCUT2D eigenvalue weighted by Crippen LogP contribution is 2.16. The summed E-state index contributed by atoms with van der Waals surface area (Å²) in [5, 5.41) is 15.7. The van der Waals surface area contributed by atoms with Gasteiger partial charge in [0, 0.05) is 18.8 Å². The minimum Gasteiger partial charge on any atom is -0.493 e. The highest BCUT2D eigenvalue weighted by Gasteiger charge is 2.03. The van der Waals surface area contributed by atoms with Gasteiger partial charge >= 0.3 is 0 Å². The Bertz CT molecular complexity index is 757. The van der Waals surface area contributed by atoms with E-state index in [0.29, 0.717) is 5.95 Å². The van der Waals surface area contributed by atoms with Crippen LogP contribution >= 0.6 is 11.8 Å². The topological polar surface area (TPSA) is 86.1 Å². The summed E-state index contributed by atoms with van der Waals surface area (Å²) >= 11 is 1.79. The van der Waals surface area contributed by atoms with Gasteiger partial charge in [-0.1, -0.05) is 30.3 Å². The normalized spacial score (nSPS) is 10.9. The molecule has 0 atom stereocenters. The molecule has 0 radical (unpaired) electrons. The molecule has 0 amide bonds. The standard InChI is InChI=1S/C18H22N4O2S/c23-17-12-21-18(22-17)20-8-9-25-13-16-7-6-15(24-16)11-19-10-14-4-2-1-3-5-14/h1-7,12,19,23H,8-11,13H2,(H2,20,21,22). The number of aromatic amines is 1. The number of furan rings is 1. The maximum Gasteiger partial charge on any atom is 0.210 e. The second-order valence-corrected chi connectivity index (χ2v) is 6.66. The molecule has 0 saturated carbocycles. The number of H-pyrrole nitrogens is 1. The number of aromatic hydroxyl groups is 1. The summed E-state index contributed by atoms with van der Waals surface area (Å²) in [7, 11) is 0. The number of hydrogen-bond donors (Lipinski definition) is 4. The van der Waals surface area contributed by atoms with Crippen LogP contribution in [0.25, 0.3) is 0 Å². The molecule has 2 aromatic heterocycles. The molecular formula is C18H22N4O2S. The van der Waals surface area contributed by atoms with Crippen molar-refractivity contribution in [3.05, 3.63) is 65.7 Å². The lowest BCUT2D eigenvalue weighted by Crippen LogP contribution is -2.11. The molecule has 2 heterocycles. The minimum atomic E-state index is 0.0686. The van der Waals surface area contributed by atoms with Crippen molar-refractivity contribution in [3.63, 3.8) is 0 Å². The largest absolute Gasteiger partial charge is 0.493 e. The molecule has 1 aromatic carbocycles. The fourth-order valence-corrected chi connectivity index (χ4v) is 3.08. The molecule has 0 aliphatic carbocycles. The van der Waals surface area contributed by atoms with Gasteiger partial charge in [0.1, 0.15) is 11.5 Å². The third-order valence-electron chi connectivity index (χ3n) is 3.53. The average Bonchev–Trinajstić information content (AvgIpc) is 3.25. The molecule has 6 nitrogen and oxygen atoms in total. The zero-order valence-electron chi connectivity index (χ0n) is 13.9. The number of imidazole rings is 1. The highest BCUT2D eigenvalue weighted by molar-refractivity contribution is 7.98. The Kier molecular flexibility index (Phi) is 6.42. The van der Waals surface area contributed by atoms with Crippen LogP contribution in [-0.2, 0) is 18.8 Å². The van der Waals surface area contributed by atoms with E-state index < -0.39 is 0 Å². The lowest BCUT2D eigenvalue weighted by Gasteiger charge is -2.03. The van der Waals surface area contributed by atoms with E-state index in [-0.39, 0.29) is 5.88 Å². The monoisotopic (exact) mass is 358 g/mol. The lowest BCUT2D eigenvalue weighted by molar-refractivity contribution is 0.457. The number of nitrogens with one attached hydrogen (secondary N) is 3. The second-order valence-electron chi connectivity index (χ2n) is 5.55. The molecule has 0 aliphatic heterocycles. The average molecular weight is 358 g/mol. The number of benzene rings is 1. The Morgan fingerprint density at radius 1 is 1.08 bits per heavy atom. The number of hydrogen-bond acceptors (Lipinski definition) is 6. The Labute approximate surface area is 151 Å². The van der Waals surface area contributed by atoms with Gasteiger partial charge in [0.25, 0.3) is 0 Å². The first-order valence-electron chi connectivity index (χ1n) is 8.17. The van der Waals surface area contributed by atoms with Crippen LogP contribution in [-0.4, -0.2) is 27.4 Å². The van der Waals surface area contributed by atoms with Gasteiger partial charge in [0.2, 0.25) is 11.8 Å². The van der Waals surface area contributed by atoms with E-state index in [1.54, 1.807) is 11.8 Å². The number of rotatable bonds is 10. The summed E-state index contributed by atoms with van der Waals surface area (Å²) in [6.45, 7) is 2.33. The summed E-state index contributed by atoms with van der Waals surface area (Å²) in [5.74, 6) is 4.35. The Morgan fingerprint density at radius 3 is 2.72 bits per heavy atom. The zero-order valence-corrected chi connectivity index (χ0v) is 14.7. The zero-order chi connectivity index (χ0) is 17.3. The third-order valence-corrected chi connectivity index (χ3v) is 4.52. The second kappa shape index (κ2) is 9.19. The molecule has 0 spiro atoms. The van der Waals surface area contributed by atoms with Crippen LogP contribution in [0, 0.1) is 0 Å². The van der Waals surface area contributed by atoms with Gasteiger partial charge in [0.05, 0.1) is 18.5 Å².